The number of nitrogens with zero attached hydrogens (tertiary/aromatic N) is 1. The fraction of sp³-hybridized carbons (Fsp3) is 0.583. The highest BCUT2D eigenvalue weighted by Gasteiger charge is 2.40. The first-order chi connectivity index (χ1) is 8.52. The lowest BCUT2D eigenvalue weighted by Crippen LogP contribution is -2.64. The van der Waals surface area contributed by atoms with Gasteiger partial charge in [0.2, 0.25) is 0 Å². The maximum atomic E-state index is 12.1. The SMILES string of the molecule is CCOC1CC(N)C1NC(=O)c1cc(Br)cn1C. The molecule has 0 aliphatic heterocycles. The van der Waals surface area contributed by atoms with E-state index < -0.39 is 0 Å². The quantitative estimate of drug-likeness (QED) is 0.871. The standard InChI is InChI=1S/C12H18BrN3O2/c1-3-18-10-5-8(14)11(10)15-12(17)9-4-7(13)6-16(9)2/h4,6,8,10-11H,3,5,14H2,1-2H3,(H,15,17). The smallest absolute Gasteiger partial charge is 0.268 e. The van der Waals surface area contributed by atoms with Crippen molar-refractivity contribution in [2.24, 2.45) is 12.8 Å². The average Bonchev–Trinajstić information content (AvgIpc) is 2.65. The predicted molar refractivity (Wildman–Crippen MR) is 72.4 cm³/mol. The van der Waals surface area contributed by atoms with E-state index in [0.717, 1.165) is 10.9 Å². The Morgan fingerprint density at radius 1 is 1.72 bits per heavy atom. The molecular weight excluding hydrogens is 298 g/mol. The molecule has 3 unspecified atom stereocenters. The lowest BCUT2D eigenvalue weighted by molar-refractivity contribution is -0.0301. The van der Waals surface area contributed by atoms with E-state index in [1.165, 1.54) is 0 Å². The van der Waals surface area contributed by atoms with Gasteiger partial charge in [-0.15, -0.1) is 0 Å². The number of carbonyl (C=O) groups excluding carboxylic acids is 1. The van der Waals surface area contributed by atoms with Crippen molar-refractivity contribution in [2.75, 3.05) is 6.61 Å². The predicted octanol–water partition coefficient (Wildman–Crippen LogP) is 1.02. The number of amides is 1. The van der Waals surface area contributed by atoms with Gasteiger partial charge in [-0.1, -0.05) is 0 Å². The molecule has 0 radical (unpaired) electrons. The lowest BCUT2D eigenvalue weighted by atomic mass is 9.83. The molecule has 1 aromatic heterocycles. The molecule has 1 saturated carbocycles. The van der Waals surface area contributed by atoms with Gasteiger partial charge in [-0.2, -0.15) is 0 Å². The first-order valence-electron chi connectivity index (χ1n) is 6.02. The number of hydrogen-bond donors (Lipinski definition) is 2. The zero-order valence-electron chi connectivity index (χ0n) is 10.5. The Kier molecular flexibility index (Phi) is 4.09. The number of carbonyl (C=O) groups is 1. The van der Waals surface area contributed by atoms with E-state index in [9.17, 15) is 4.79 Å². The fourth-order valence-electron chi connectivity index (χ4n) is 2.20. The van der Waals surface area contributed by atoms with Crippen LogP contribution in [0, 0.1) is 0 Å². The van der Waals surface area contributed by atoms with E-state index in [4.69, 9.17) is 10.5 Å². The number of halogens is 1. The summed E-state index contributed by atoms with van der Waals surface area (Å²) in [5.41, 5.74) is 6.51. The van der Waals surface area contributed by atoms with Crippen LogP contribution < -0.4 is 11.1 Å². The van der Waals surface area contributed by atoms with E-state index in [1.807, 2.05) is 20.2 Å². The summed E-state index contributed by atoms with van der Waals surface area (Å²) >= 11 is 3.35. The van der Waals surface area contributed by atoms with Gasteiger partial charge in [0.05, 0.1) is 12.1 Å². The van der Waals surface area contributed by atoms with Gasteiger partial charge in [-0.05, 0) is 35.3 Å². The van der Waals surface area contributed by atoms with Crippen molar-refractivity contribution in [3.8, 4) is 0 Å². The zero-order valence-corrected chi connectivity index (χ0v) is 12.1. The maximum Gasteiger partial charge on any atom is 0.268 e. The number of aryl methyl sites for hydroxylation is 1. The monoisotopic (exact) mass is 315 g/mol. The van der Waals surface area contributed by atoms with Crippen LogP contribution >= 0.6 is 15.9 Å². The maximum absolute atomic E-state index is 12.1. The van der Waals surface area contributed by atoms with Gasteiger partial charge in [0.15, 0.2) is 0 Å². The highest BCUT2D eigenvalue weighted by atomic mass is 79.9. The summed E-state index contributed by atoms with van der Waals surface area (Å²) < 4.78 is 8.18. The molecule has 0 saturated heterocycles. The van der Waals surface area contributed by atoms with Crippen LogP contribution in [0.4, 0.5) is 0 Å². The molecule has 0 aromatic carbocycles. The van der Waals surface area contributed by atoms with Crippen molar-refractivity contribution < 1.29 is 9.53 Å². The minimum atomic E-state index is -0.118. The number of rotatable bonds is 4. The fourth-order valence-corrected chi connectivity index (χ4v) is 2.73. The van der Waals surface area contributed by atoms with Crippen LogP contribution in [0.15, 0.2) is 16.7 Å². The van der Waals surface area contributed by atoms with E-state index >= 15 is 0 Å². The molecule has 18 heavy (non-hydrogen) atoms. The van der Waals surface area contributed by atoms with Gasteiger partial charge in [-0.3, -0.25) is 4.79 Å². The molecule has 3 N–H and O–H groups in total. The summed E-state index contributed by atoms with van der Waals surface area (Å²) in [6.45, 7) is 2.58. The molecule has 6 heteroatoms. The third-order valence-corrected chi connectivity index (χ3v) is 3.68. The summed E-state index contributed by atoms with van der Waals surface area (Å²) in [6, 6.07) is 1.68. The van der Waals surface area contributed by atoms with Crippen molar-refractivity contribution in [2.45, 2.75) is 31.5 Å². The van der Waals surface area contributed by atoms with E-state index in [2.05, 4.69) is 21.2 Å². The summed E-state index contributed by atoms with van der Waals surface area (Å²) in [5, 5.41) is 2.94. The highest BCUT2D eigenvalue weighted by Crippen LogP contribution is 2.23. The van der Waals surface area contributed by atoms with Crippen LogP contribution in [0.3, 0.4) is 0 Å². The lowest BCUT2D eigenvalue weighted by Gasteiger charge is -2.42. The Hall–Kier alpha value is -0.850. The van der Waals surface area contributed by atoms with Crippen molar-refractivity contribution in [3.05, 3.63) is 22.4 Å². The second-order valence-corrected chi connectivity index (χ2v) is 5.46. The Balaban J connectivity index is 2.01. The number of ether oxygens (including phenoxy) is 1. The number of hydrogen-bond acceptors (Lipinski definition) is 3. The van der Waals surface area contributed by atoms with Gasteiger partial charge in [0.25, 0.3) is 5.91 Å². The summed E-state index contributed by atoms with van der Waals surface area (Å²) in [5.74, 6) is -0.118. The van der Waals surface area contributed by atoms with Crippen LogP contribution in [0.25, 0.3) is 0 Å². The molecule has 1 heterocycles. The third-order valence-electron chi connectivity index (χ3n) is 3.25. The van der Waals surface area contributed by atoms with E-state index in [0.29, 0.717) is 12.3 Å². The average molecular weight is 316 g/mol. The highest BCUT2D eigenvalue weighted by molar-refractivity contribution is 9.10. The van der Waals surface area contributed by atoms with E-state index in [1.54, 1.807) is 10.6 Å². The minimum absolute atomic E-state index is 0.0193. The molecule has 3 atom stereocenters. The van der Waals surface area contributed by atoms with Gasteiger partial charge < -0.3 is 20.4 Å². The summed E-state index contributed by atoms with van der Waals surface area (Å²) in [7, 11) is 1.83. The third kappa shape index (κ3) is 2.60. The topological polar surface area (TPSA) is 69.3 Å². The summed E-state index contributed by atoms with van der Waals surface area (Å²) in [4.78, 5) is 12.1. The Morgan fingerprint density at radius 2 is 2.44 bits per heavy atom. The van der Waals surface area contributed by atoms with Crippen LogP contribution in [0.5, 0.6) is 0 Å². The number of nitrogens with two attached hydrogens (primary N) is 1. The van der Waals surface area contributed by atoms with Crippen LogP contribution in [0.1, 0.15) is 23.8 Å². The minimum Gasteiger partial charge on any atom is -0.376 e. The molecule has 0 spiro atoms. The second-order valence-electron chi connectivity index (χ2n) is 4.55. The van der Waals surface area contributed by atoms with Gasteiger partial charge >= 0.3 is 0 Å². The molecule has 0 bridgehead atoms. The Labute approximate surface area is 115 Å². The van der Waals surface area contributed by atoms with Crippen LogP contribution in [-0.4, -0.2) is 35.3 Å². The summed E-state index contributed by atoms with van der Waals surface area (Å²) in [6.07, 6.45) is 2.68. The first kappa shape index (κ1) is 13.6. The van der Waals surface area contributed by atoms with E-state index in [-0.39, 0.29) is 24.1 Å². The van der Waals surface area contributed by atoms with Gasteiger partial charge in [0.1, 0.15) is 5.69 Å². The second kappa shape index (κ2) is 5.42. The molecule has 1 fully saturated rings. The molecule has 1 amide bonds. The molecular formula is C12H18BrN3O2. The Morgan fingerprint density at radius 3 is 2.94 bits per heavy atom. The number of nitrogens with one attached hydrogen (secondary N) is 1. The number of aromatic nitrogens is 1. The van der Waals surface area contributed by atoms with Crippen molar-refractivity contribution in [1.29, 1.82) is 0 Å². The molecule has 5 nitrogen and oxygen atoms in total. The van der Waals surface area contributed by atoms with Crippen molar-refractivity contribution >= 4 is 21.8 Å². The van der Waals surface area contributed by atoms with Crippen LogP contribution in [0.2, 0.25) is 0 Å². The van der Waals surface area contributed by atoms with Gasteiger partial charge in [0, 0.05) is 30.4 Å². The van der Waals surface area contributed by atoms with Crippen LogP contribution in [-0.2, 0) is 11.8 Å². The largest absolute Gasteiger partial charge is 0.376 e. The molecule has 100 valence electrons. The normalized spacial score (nSPS) is 26.8. The molecule has 1 aliphatic carbocycles. The molecule has 1 aromatic rings. The first-order valence-corrected chi connectivity index (χ1v) is 6.82. The molecule has 2 rings (SSSR count). The zero-order chi connectivity index (χ0) is 13.3. The Bertz CT molecular complexity index is 445. The van der Waals surface area contributed by atoms with Gasteiger partial charge in [-0.25, -0.2) is 0 Å². The van der Waals surface area contributed by atoms with Crippen molar-refractivity contribution in [1.82, 2.24) is 9.88 Å². The molecule has 1 aliphatic rings. The van der Waals surface area contributed by atoms with Crippen molar-refractivity contribution in [3.63, 3.8) is 0 Å².